The van der Waals surface area contributed by atoms with Crippen molar-refractivity contribution in [3.8, 4) is 5.75 Å². The summed E-state index contributed by atoms with van der Waals surface area (Å²) in [6, 6.07) is 15.4. The Kier molecular flexibility index (Phi) is 5.38. The number of nitrogens with one attached hydrogen (secondary N) is 1. The number of imidazole rings is 1. The van der Waals surface area contributed by atoms with Gasteiger partial charge >= 0.3 is 0 Å². The number of aliphatic hydroxyl groups excluding tert-OH is 1. The van der Waals surface area contributed by atoms with Crippen molar-refractivity contribution in [2.45, 2.75) is 32.4 Å². The fraction of sp³-hybridized carbons (Fsp3) is 0.316. The van der Waals surface area contributed by atoms with Crippen LogP contribution in [-0.4, -0.2) is 22.8 Å². The predicted molar refractivity (Wildman–Crippen MR) is 95.4 cm³/mol. The van der Waals surface area contributed by atoms with Gasteiger partial charge in [-0.2, -0.15) is 0 Å². The van der Waals surface area contributed by atoms with E-state index >= 15 is 0 Å². The highest BCUT2D eigenvalue weighted by Crippen LogP contribution is 2.23. The van der Waals surface area contributed by atoms with Crippen molar-refractivity contribution in [2.75, 3.05) is 6.61 Å². The minimum absolute atomic E-state index is 0.196. The van der Waals surface area contributed by atoms with E-state index in [9.17, 15) is 5.11 Å². The van der Waals surface area contributed by atoms with E-state index in [1.165, 1.54) is 0 Å². The normalized spacial score (nSPS) is 12.5. The third-order valence-electron chi connectivity index (χ3n) is 3.95. The lowest BCUT2D eigenvalue weighted by Crippen LogP contribution is -2.44. The zero-order valence-corrected chi connectivity index (χ0v) is 14.5. The highest BCUT2D eigenvalue weighted by atomic mass is 35.5. The van der Waals surface area contributed by atoms with E-state index in [2.05, 4.69) is 28.6 Å². The topological polar surface area (TPSA) is 49.1 Å². The zero-order chi connectivity index (χ0) is 16.9. The molecule has 126 valence electrons. The van der Waals surface area contributed by atoms with Crippen LogP contribution in [0.5, 0.6) is 5.75 Å². The number of nitrogens with zero attached hydrogens (tertiary/aromatic N) is 1. The lowest BCUT2D eigenvalue weighted by atomic mass is 10.3. The van der Waals surface area contributed by atoms with Crippen molar-refractivity contribution in [3.05, 3.63) is 59.4 Å². The molecule has 0 bridgehead atoms. The first-order valence-corrected chi connectivity index (χ1v) is 8.61. The summed E-state index contributed by atoms with van der Waals surface area (Å²) in [6.07, 6.45) is 1.35. The number of halogens is 1. The monoisotopic (exact) mass is 345 g/mol. The van der Waals surface area contributed by atoms with Crippen LogP contribution in [0.4, 0.5) is 0 Å². The summed E-state index contributed by atoms with van der Waals surface area (Å²) in [5, 5.41) is 11.0. The van der Waals surface area contributed by atoms with Crippen molar-refractivity contribution in [3.63, 3.8) is 0 Å². The number of hydrogen-bond donors (Lipinski definition) is 2. The molecule has 24 heavy (non-hydrogen) atoms. The van der Waals surface area contributed by atoms with Crippen LogP contribution in [0.25, 0.3) is 11.0 Å². The van der Waals surface area contributed by atoms with E-state index in [0.29, 0.717) is 17.3 Å². The van der Waals surface area contributed by atoms with Crippen LogP contribution in [0.15, 0.2) is 48.5 Å². The van der Waals surface area contributed by atoms with Crippen LogP contribution in [0.1, 0.15) is 19.2 Å². The third kappa shape index (κ3) is 3.71. The quantitative estimate of drug-likeness (QED) is 0.644. The molecule has 0 fully saturated rings. The van der Waals surface area contributed by atoms with Gasteiger partial charge in [-0.15, -0.1) is 0 Å². The molecule has 4 nitrogen and oxygen atoms in total. The van der Waals surface area contributed by atoms with E-state index in [4.69, 9.17) is 16.3 Å². The molecule has 0 saturated carbocycles. The molecule has 1 heterocycles. The molecule has 2 aromatic carbocycles. The molecule has 1 atom stereocenters. The molecule has 0 aliphatic heterocycles. The fourth-order valence-electron chi connectivity index (χ4n) is 2.84. The molecular weight excluding hydrogens is 324 g/mol. The van der Waals surface area contributed by atoms with Gasteiger partial charge in [-0.25, -0.2) is 9.55 Å². The smallest absolute Gasteiger partial charge is 0.255 e. The summed E-state index contributed by atoms with van der Waals surface area (Å²) in [7, 11) is 0. The van der Waals surface area contributed by atoms with Crippen molar-refractivity contribution in [1.82, 2.24) is 4.98 Å². The SMILES string of the molecule is CCCc1[nH]c2ccccc2[n+]1CC(O)COc1ccccc1Cl. The largest absolute Gasteiger partial charge is 0.489 e. The Hall–Kier alpha value is -2.04. The predicted octanol–water partition coefficient (Wildman–Crippen LogP) is 3.50. The van der Waals surface area contributed by atoms with Crippen molar-refractivity contribution >= 4 is 22.6 Å². The Labute approximate surface area is 146 Å². The maximum atomic E-state index is 10.4. The van der Waals surface area contributed by atoms with Crippen LogP contribution in [-0.2, 0) is 13.0 Å². The van der Waals surface area contributed by atoms with Gasteiger partial charge in [-0.1, -0.05) is 42.8 Å². The summed E-state index contributed by atoms with van der Waals surface area (Å²) in [6.45, 7) is 2.82. The Balaban J connectivity index is 1.74. The fourth-order valence-corrected chi connectivity index (χ4v) is 3.03. The first-order valence-electron chi connectivity index (χ1n) is 8.24. The van der Waals surface area contributed by atoms with Crippen LogP contribution in [0, 0.1) is 0 Å². The number of ether oxygens (including phenoxy) is 1. The van der Waals surface area contributed by atoms with E-state index in [1.54, 1.807) is 12.1 Å². The molecule has 3 aromatic rings. The minimum atomic E-state index is -0.624. The van der Waals surface area contributed by atoms with Gasteiger partial charge in [-0.3, -0.25) is 0 Å². The molecule has 0 amide bonds. The van der Waals surface area contributed by atoms with Gasteiger partial charge in [0, 0.05) is 6.42 Å². The number of hydrogen-bond acceptors (Lipinski definition) is 2. The summed E-state index contributed by atoms with van der Waals surface area (Å²) < 4.78 is 7.79. The second kappa shape index (κ2) is 7.69. The van der Waals surface area contributed by atoms with Gasteiger partial charge < -0.3 is 9.84 Å². The number of aliphatic hydroxyl groups is 1. The maximum Gasteiger partial charge on any atom is 0.255 e. The Morgan fingerprint density at radius 3 is 2.71 bits per heavy atom. The second-order valence-corrected chi connectivity index (χ2v) is 6.25. The van der Waals surface area contributed by atoms with Gasteiger partial charge in [0.2, 0.25) is 0 Å². The van der Waals surface area contributed by atoms with Crippen molar-refractivity contribution < 1.29 is 14.4 Å². The second-order valence-electron chi connectivity index (χ2n) is 5.84. The molecule has 0 spiro atoms. The average Bonchev–Trinajstić information content (AvgIpc) is 2.92. The number of aromatic nitrogens is 2. The van der Waals surface area contributed by atoms with E-state index < -0.39 is 6.10 Å². The lowest BCUT2D eigenvalue weighted by molar-refractivity contribution is -0.686. The van der Waals surface area contributed by atoms with Gasteiger partial charge in [0.25, 0.3) is 5.82 Å². The molecule has 2 N–H and O–H groups in total. The van der Waals surface area contributed by atoms with Gasteiger partial charge in [0.15, 0.2) is 11.0 Å². The third-order valence-corrected chi connectivity index (χ3v) is 4.26. The summed E-state index contributed by atoms with van der Waals surface area (Å²) in [4.78, 5) is 3.44. The molecule has 5 heteroatoms. The van der Waals surface area contributed by atoms with Gasteiger partial charge in [0.05, 0.1) is 5.02 Å². The summed E-state index contributed by atoms with van der Waals surface area (Å²) in [5.74, 6) is 1.71. The number of rotatable bonds is 7. The van der Waals surface area contributed by atoms with E-state index in [0.717, 1.165) is 29.7 Å². The molecule has 0 aliphatic carbocycles. The molecule has 0 radical (unpaired) electrons. The first kappa shape index (κ1) is 16.8. The number of aryl methyl sites for hydroxylation is 1. The van der Waals surface area contributed by atoms with E-state index in [-0.39, 0.29) is 6.61 Å². The number of H-pyrrole nitrogens is 1. The summed E-state index contributed by atoms with van der Waals surface area (Å²) in [5.41, 5.74) is 2.18. The lowest BCUT2D eigenvalue weighted by Gasteiger charge is -2.12. The Morgan fingerprint density at radius 1 is 1.17 bits per heavy atom. The Bertz CT molecular complexity index is 816. The minimum Gasteiger partial charge on any atom is -0.489 e. The molecule has 0 aliphatic rings. The molecule has 1 aromatic heterocycles. The average molecular weight is 346 g/mol. The Morgan fingerprint density at radius 2 is 1.92 bits per heavy atom. The molecular formula is C19H22ClN2O2+. The number of para-hydroxylation sites is 3. The standard InChI is InChI=1S/C19H21ClN2O2/c1-2-7-19-21-16-9-4-5-10-17(16)22(19)12-14(23)13-24-18-11-6-3-8-15(18)20/h3-6,8-11,14,23H,2,7,12-13H2,1H3/p+1. The highest BCUT2D eigenvalue weighted by molar-refractivity contribution is 6.32. The van der Waals surface area contributed by atoms with Crippen LogP contribution >= 0.6 is 11.6 Å². The molecule has 3 rings (SSSR count). The number of aromatic amines is 1. The number of fused-ring (bicyclic) bond motifs is 1. The van der Waals surface area contributed by atoms with Crippen LogP contribution < -0.4 is 9.30 Å². The van der Waals surface area contributed by atoms with Gasteiger partial charge in [0.1, 0.15) is 25.0 Å². The van der Waals surface area contributed by atoms with Crippen molar-refractivity contribution in [1.29, 1.82) is 0 Å². The molecule has 0 saturated heterocycles. The maximum absolute atomic E-state index is 10.4. The van der Waals surface area contributed by atoms with Crippen LogP contribution in [0.2, 0.25) is 5.02 Å². The summed E-state index contributed by atoms with van der Waals surface area (Å²) >= 11 is 6.08. The van der Waals surface area contributed by atoms with Gasteiger partial charge in [-0.05, 0) is 30.7 Å². The molecule has 1 unspecified atom stereocenters. The van der Waals surface area contributed by atoms with Crippen molar-refractivity contribution in [2.24, 2.45) is 0 Å². The van der Waals surface area contributed by atoms with E-state index in [1.807, 2.05) is 24.3 Å². The van der Waals surface area contributed by atoms with Crippen LogP contribution in [0.3, 0.4) is 0 Å². The zero-order valence-electron chi connectivity index (χ0n) is 13.7. The highest BCUT2D eigenvalue weighted by Gasteiger charge is 2.20. The first-order chi connectivity index (χ1) is 11.7. The number of benzene rings is 2.